The fourth-order valence-corrected chi connectivity index (χ4v) is 4.71. The molecule has 2 aromatic carbocycles. The lowest BCUT2D eigenvalue weighted by Gasteiger charge is -2.07. The van der Waals surface area contributed by atoms with E-state index in [0.29, 0.717) is 23.5 Å². The van der Waals surface area contributed by atoms with Gasteiger partial charge in [-0.2, -0.15) is 13.1 Å². The van der Waals surface area contributed by atoms with E-state index in [2.05, 4.69) is 20.0 Å². The summed E-state index contributed by atoms with van der Waals surface area (Å²) < 4.78 is 28.5. The molecule has 0 aliphatic carbocycles. The van der Waals surface area contributed by atoms with Gasteiger partial charge in [-0.15, -0.1) is 11.3 Å². The Hall–Kier alpha value is -2.78. The number of carbonyl (C=O) groups excluding carboxylic acids is 1. The second-order valence-corrected chi connectivity index (χ2v) is 8.70. The van der Waals surface area contributed by atoms with Gasteiger partial charge in [-0.3, -0.25) is 9.79 Å². The second-order valence-electron chi connectivity index (χ2n) is 6.13. The highest BCUT2D eigenvalue weighted by Crippen LogP contribution is 2.21. The van der Waals surface area contributed by atoms with Crippen LogP contribution in [-0.4, -0.2) is 31.7 Å². The van der Waals surface area contributed by atoms with Crippen molar-refractivity contribution in [3.05, 3.63) is 53.5 Å². The van der Waals surface area contributed by atoms with Crippen LogP contribution in [0, 0.1) is 0 Å². The van der Waals surface area contributed by atoms with E-state index in [1.165, 1.54) is 23.5 Å². The number of rotatable bonds is 4. The lowest BCUT2D eigenvalue weighted by Crippen LogP contribution is -2.72. The van der Waals surface area contributed by atoms with Crippen LogP contribution in [0.25, 0.3) is 10.2 Å². The number of fused-ring (bicyclic) bond motifs is 1. The number of nitrogens with zero attached hydrogens (tertiary/aromatic N) is 1. The van der Waals surface area contributed by atoms with Gasteiger partial charge in [0, 0.05) is 11.3 Å². The Balaban J connectivity index is 1.54. The molecule has 2 heterocycles. The average molecular weight is 401 g/mol. The number of carbonyl (C=O) groups is 1. The summed E-state index contributed by atoms with van der Waals surface area (Å²) in [5.41, 5.74) is 3.47. The van der Waals surface area contributed by atoms with Crippen molar-refractivity contribution in [2.75, 3.05) is 11.9 Å². The van der Waals surface area contributed by atoms with Gasteiger partial charge >= 0.3 is 10.0 Å². The first kappa shape index (κ1) is 17.6. The van der Waals surface area contributed by atoms with Crippen LogP contribution in [-0.2, 0) is 10.0 Å². The highest BCUT2D eigenvalue weighted by Gasteiger charge is 2.24. The van der Waals surface area contributed by atoms with Crippen LogP contribution in [0.1, 0.15) is 23.2 Å². The van der Waals surface area contributed by atoms with Crippen LogP contribution in [0.2, 0.25) is 0 Å². The third kappa shape index (κ3) is 3.83. The maximum absolute atomic E-state index is 12.5. The molecule has 0 saturated carbocycles. The van der Waals surface area contributed by atoms with Crippen LogP contribution in [0.3, 0.4) is 0 Å². The molecule has 7 nitrogen and oxygen atoms in total. The number of benzene rings is 2. The molecule has 0 radical (unpaired) electrons. The molecule has 3 N–H and O–H groups in total. The van der Waals surface area contributed by atoms with E-state index in [1.807, 2.05) is 0 Å². The van der Waals surface area contributed by atoms with E-state index < -0.39 is 10.0 Å². The molecule has 3 aromatic rings. The van der Waals surface area contributed by atoms with Crippen molar-refractivity contribution in [3.8, 4) is 0 Å². The summed E-state index contributed by atoms with van der Waals surface area (Å²) in [6, 6.07) is 11.5. The van der Waals surface area contributed by atoms with Gasteiger partial charge in [0.1, 0.15) is 4.90 Å². The van der Waals surface area contributed by atoms with Crippen LogP contribution < -0.4 is 15.0 Å². The van der Waals surface area contributed by atoms with Crippen LogP contribution >= 0.6 is 11.3 Å². The average Bonchev–Trinajstić information content (AvgIpc) is 3.32. The molecule has 0 fully saturated rings. The van der Waals surface area contributed by atoms with Crippen molar-refractivity contribution in [1.82, 2.24) is 9.71 Å². The zero-order valence-corrected chi connectivity index (χ0v) is 15.9. The molecule has 1 aliphatic heterocycles. The number of amidine groups is 1. The molecular formula is C18H17N4O3S2+. The van der Waals surface area contributed by atoms with Gasteiger partial charge in [-0.1, -0.05) is 6.07 Å². The molecule has 0 spiro atoms. The van der Waals surface area contributed by atoms with E-state index in [1.54, 1.807) is 35.8 Å². The minimum atomic E-state index is -3.70. The Morgan fingerprint density at radius 1 is 1.19 bits per heavy atom. The van der Waals surface area contributed by atoms with Crippen molar-refractivity contribution < 1.29 is 18.2 Å². The van der Waals surface area contributed by atoms with E-state index in [-0.39, 0.29) is 10.8 Å². The number of sulfonamides is 1. The van der Waals surface area contributed by atoms with Crippen LogP contribution in [0.5, 0.6) is 0 Å². The van der Waals surface area contributed by atoms with Gasteiger partial charge in [0.25, 0.3) is 11.7 Å². The summed E-state index contributed by atoms with van der Waals surface area (Å²) in [7, 11) is -3.70. The predicted octanol–water partition coefficient (Wildman–Crippen LogP) is 1.10. The normalized spacial score (nSPS) is 14.1. The summed E-state index contributed by atoms with van der Waals surface area (Å²) in [5, 5.41) is 2.75. The Bertz CT molecular complexity index is 1150. The van der Waals surface area contributed by atoms with E-state index in [9.17, 15) is 13.2 Å². The van der Waals surface area contributed by atoms with E-state index >= 15 is 0 Å². The van der Waals surface area contributed by atoms with Crippen molar-refractivity contribution in [2.24, 2.45) is 0 Å². The number of aromatic nitrogens is 1. The minimum absolute atomic E-state index is 0.0967. The number of hydrogen-bond donors (Lipinski definition) is 3. The lowest BCUT2D eigenvalue weighted by atomic mass is 10.2. The topological polar surface area (TPSA) is 102 Å². The van der Waals surface area contributed by atoms with Crippen LogP contribution in [0.4, 0.5) is 5.69 Å². The number of nitrogens with one attached hydrogen (secondary N) is 3. The smallest absolute Gasteiger partial charge is 0.322 e. The molecule has 0 unspecified atom stereocenters. The molecule has 1 amide bonds. The first-order valence-electron chi connectivity index (χ1n) is 8.38. The highest BCUT2D eigenvalue weighted by atomic mass is 32.2. The van der Waals surface area contributed by atoms with Gasteiger partial charge in [-0.05, 0) is 42.8 Å². The number of amides is 1. The van der Waals surface area contributed by atoms with Crippen molar-refractivity contribution in [1.29, 1.82) is 0 Å². The van der Waals surface area contributed by atoms with E-state index in [4.69, 9.17) is 0 Å². The zero-order valence-electron chi connectivity index (χ0n) is 14.2. The van der Waals surface area contributed by atoms with Gasteiger partial charge < -0.3 is 5.32 Å². The van der Waals surface area contributed by atoms with Gasteiger partial charge in [0.15, 0.2) is 0 Å². The first-order valence-corrected chi connectivity index (χ1v) is 10.7. The Morgan fingerprint density at radius 3 is 2.89 bits per heavy atom. The third-order valence-electron chi connectivity index (χ3n) is 4.20. The third-order valence-corrected chi connectivity index (χ3v) is 6.38. The fraction of sp³-hybridized carbons (Fsp3) is 0.167. The summed E-state index contributed by atoms with van der Waals surface area (Å²) in [5.74, 6) is 0.293. The van der Waals surface area contributed by atoms with Gasteiger partial charge in [0.05, 0.1) is 28.7 Å². The predicted molar refractivity (Wildman–Crippen MR) is 104 cm³/mol. The number of thiazole rings is 1. The standard InChI is InChI=1S/C18H16N4O3S2/c23-18(12-6-7-15-16(9-12)26-11-20-15)21-13-3-1-4-14(10-13)27(24,25)22-17-5-2-8-19-17/h1,3-4,6-7,9-11H,2,5,8H2,(H,19,22)(H,21,23)/p+1. The lowest BCUT2D eigenvalue weighted by molar-refractivity contribution is -0.448. The SMILES string of the molecule is O=C(Nc1cccc(S(=O)(=O)NC2=[NH+]CCC2)c1)c1ccc2ncsc2c1. The molecule has 1 aliphatic rings. The molecule has 27 heavy (non-hydrogen) atoms. The van der Waals surface area contributed by atoms with Crippen molar-refractivity contribution in [3.63, 3.8) is 0 Å². The zero-order chi connectivity index (χ0) is 18.9. The molecule has 1 aromatic heterocycles. The number of anilines is 1. The second kappa shape index (κ2) is 7.09. The maximum Gasteiger partial charge on any atom is 0.328 e. The molecule has 9 heteroatoms. The van der Waals surface area contributed by atoms with E-state index in [0.717, 1.165) is 23.2 Å². The molecule has 0 saturated heterocycles. The molecule has 0 bridgehead atoms. The molecular weight excluding hydrogens is 384 g/mol. The summed E-state index contributed by atoms with van der Waals surface area (Å²) in [4.78, 5) is 19.8. The Kier molecular flexibility index (Phi) is 4.63. The highest BCUT2D eigenvalue weighted by molar-refractivity contribution is 7.90. The largest absolute Gasteiger partial charge is 0.328 e. The van der Waals surface area contributed by atoms with Crippen molar-refractivity contribution in [2.45, 2.75) is 17.7 Å². The van der Waals surface area contributed by atoms with Crippen LogP contribution in [0.15, 0.2) is 52.9 Å². The molecule has 138 valence electrons. The molecule has 0 atom stereocenters. The maximum atomic E-state index is 12.5. The Morgan fingerprint density at radius 2 is 2.07 bits per heavy atom. The monoisotopic (exact) mass is 401 g/mol. The fourth-order valence-electron chi connectivity index (χ4n) is 2.84. The number of hydrogen-bond acceptors (Lipinski definition) is 5. The summed E-state index contributed by atoms with van der Waals surface area (Å²) in [6.07, 6.45) is 1.58. The summed E-state index contributed by atoms with van der Waals surface area (Å²) in [6.45, 7) is 0.762. The minimum Gasteiger partial charge on any atom is -0.322 e. The summed E-state index contributed by atoms with van der Waals surface area (Å²) >= 11 is 1.46. The van der Waals surface area contributed by atoms with Gasteiger partial charge in [0.2, 0.25) is 0 Å². The first-order chi connectivity index (χ1) is 13.0. The molecule has 4 rings (SSSR count). The van der Waals surface area contributed by atoms with Gasteiger partial charge in [-0.25, -0.2) is 4.98 Å². The van der Waals surface area contributed by atoms with Crippen molar-refractivity contribution >= 4 is 49.0 Å². The quantitative estimate of drug-likeness (QED) is 0.609. The Labute approximate surface area is 160 Å².